The molecule has 3 aromatic rings. The number of rotatable bonds is 2. The Balaban J connectivity index is 1.46. The molecule has 0 bridgehead atoms. The maximum atomic E-state index is 2.72. The van der Waals surface area contributed by atoms with Crippen LogP contribution in [0.2, 0.25) is 0 Å². The van der Waals surface area contributed by atoms with Gasteiger partial charge in [0.1, 0.15) is 0 Å². The summed E-state index contributed by atoms with van der Waals surface area (Å²) in [5.74, 6) is 12.9. The first kappa shape index (κ1) is 26.0. The highest BCUT2D eigenvalue weighted by atomic mass is 32.2. The minimum Gasteiger partial charge on any atom is -0.297 e. The molecule has 33 heavy (non-hydrogen) atoms. The van der Waals surface area contributed by atoms with Crippen LogP contribution in [-0.4, -0.2) is 75.5 Å². The lowest BCUT2D eigenvalue weighted by molar-refractivity contribution is 0.303. The molecule has 6 heteroatoms. The number of thioether (sulfide) groups is 5. The molecule has 1 aliphatic heterocycles. The van der Waals surface area contributed by atoms with E-state index in [4.69, 9.17) is 0 Å². The fourth-order valence-electron chi connectivity index (χ4n) is 4.14. The highest BCUT2D eigenvalue weighted by Gasteiger charge is 2.13. The summed E-state index contributed by atoms with van der Waals surface area (Å²) >= 11 is 10.7. The van der Waals surface area contributed by atoms with Crippen LogP contribution in [0, 0.1) is 0 Å². The van der Waals surface area contributed by atoms with Crippen LogP contribution < -0.4 is 0 Å². The first-order valence-corrected chi connectivity index (χ1v) is 17.7. The van der Waals surface area contributed by atoms with Gasteiger partial charge in [0.15, 0.2) is 0 Å². The lowest BCUT2D eigenvalue weighted by Crippen LogP contribution is -2.28. The Morgan fingerprint density at radius 3 is 1.36 bits per heavy atom. The molecule has 1 fully saturated rings. The molecular weight excluding hydrogens is 499 g/mol. The van der Waals surface area contributed by atoms with Crippen molar-refractivity contribution in [3.05, 3.63) is 60.2 Å². The molecule has 0 saturated carbocycles. The van der Waals surface area contributed by atoms with E-state index in [-0.39, 0.29) is 0 Å². The maximum absolute atomic E-state index is 2.72. The molecule has 0 radical (unpaired) electrons. The highest BCUT2D eigenvalue weighted by molar-refractivity contribution is 8.05. The molecule has 178 valence electrons. The number of hydrogen-bond acceptors (Lipinski definition) is 6. The van der Waals surface area contributed by atoms with Gasteiger partial charge in [0.25, 0.3) is 0 Å². The number of benzene rings is 3. The predicted octanol–water partition coefficient (Wildman–Crippen LogP) is 7.47. The molecule has 1 saturated heterocycles. The summed E-state index contributed by atoms with van der Waals surface area (Å²) < 4.78 is 0. The smallest absolute Gasteiger partial charge is 0.0246 e. The summed E-state index contributed by atoms with van der Waals surface area (Å²) in [7, 11) is 0. The second-order valence-corrected chi connectivity index (χ2v) is 14.3. The minimum atomic E-state index is 1.05. The van der Waals surface area contributed by atoms with Gasteiger partial charge in [0, 0.05) is 77.2 Å². The Labute approximate surface area is 221 Å². The van der Waals surface area contributed by atoms with Gasteiger partial charge >= 0.3 is 0 Å². The second-order valence-electron chi connectivity index (χ2n) is 8.14. The lowest BCUT2D eigenvalue weighted by Gasteiger charge is -2.24. The van der Waals surface area contributed by atoms with Gasteiger partial charge in [0.05, 0.1) is 0 Å². The van der Waals surface area contributed by atoms with Crippen molar-refractivity contribution >= 4 is 80.4 Å². The predicted molar refractivity (Wildman–Crippen MR) is 163 cm³/mol. The summed E-state index contributed by atoms with van der Waals surface area (Å²) in [4.78, 5) is 2.72. The monoisotopic (exact) mass is 533 g/mol. The van der Waals surface area contributed by atoms with E-state index in [0.29, 0.717) is 0 Å². The van der Waals surface area contributed by atoms with Crippen LogP contribution in [0.4, 0.5) is 0 Å². The summed E-state index contributed by atoms with van der Waals surface area (Å²) in [6.45, 7) is 3.40. The minimum absolute atomic E-state index is 1.05. The number of hydrogen-bond donors (Lipinski definition) is 0. The van der Waals surface area contributed by atoms with Gasteiger partial charge in [-0.1, -0.05) is 48.5 Å². The van der Waals surface area contributed by atoms with Gasteiger partial charge in [0.2, 0.25) is 0 Å². The summed E-state index contributed by atoms with van der Waals surface area (Å²) in [6, 6.07) is 20.2. The average molecular weight is 534 g/mol. The van der Waals surface area contributed by atoms with Crippen molar-refractivity contribution in [1.82, 2.24) is 4.90 Å². The van der Waals surface area contributed by atoms with E-state index in [2.05, 4.69) is 118 Å². The molecule has 0 aromatic heterocycles. The SMILES string of the molecule is c1ccc2c(CN3CCSCCSCCSCCSCCSCC3)c3ccccc3cc2c1. The van der Waals surface area contributed by atoms with Gasteiger partial charge in [-0.3, -0.25) is 4.90 Å². The molecule has 3 aromatic carbocycles. The van der Waals surface area contributed by atoms with Crippen LogP contribution in [0.1, 0.15) is 5.56 Å². The van der Waals surface area contributed by atoms with Crippen LogP contribution in [-0.2, 0) is 6.54 Å². The Hall–Kier alpha value is -0.110. The van der Waals surface area contributed by atoms with Gasteiger partial charge in [-0.05, 0) is 33.2 Å². The van der Waals surface area contributed by atoms with Crippen molar-refractivity contribution in [3.63, 3.8) is 0 Å². The van der Waals surface area contributed by atoms with Crippen LogP contribution in [0.25, 0.3) is 21.5 Å². The first-order valence-electron chi connectivity index (χ1n) is 11.9. The van der Waals surface area contributed by atoms with Crippen molar-refractivity contribution in [3.8, 4) is 0 Å². The molecule has 0 atom stereocenters. The Bertz CT molecular complexity index is 907. The molecule has 4 rings (SSSR count). The van der Waals surface area contributed by atoms with Crippen molar-refractivity contribution in [1.29, 1.82) is 0 Å². The van der Waals surface area contributed by atoms with Crippen LogP contribution >= 0.6 is 58.8 Å². The molecule has 0 unspecified atom stereocenters. The molecule has 1 heterocycles. The zero-order valence-corrected chi connectivity index (χ0v) is 23.5. The standard InChI is InChI=1S/C27H35NS5/c1-3-7-25-23(5-1)21-24-6-2-4-8-26(24)27(25)22-28-9-11-29-13-15-31-17-19-33-20-18-32-16-14-30-12-10-28/h1-8,21H,9-20,22H2. The summed E-state index contributed by atoms with van der Waals surface area (Å²) in [5.41, 5.74) is 1.50. The molecule has 1 aliphatic rings. The second kappa shape index (κ2) is 15.1. The fourth-order valence-corrected chi connectivity index (χ4v) is 9.71. The topological polar surface area (TPSA) is 3.24 Å². The van der Waals surface area contributed by atoms with Crippen molar-refractivity contribution < 1.29 is 0 Å². The molecule has 1 nitrogen and oxygen atoms in total. The van der Waals surface area contributed by atoms with E-state index in [0.717, 1.165) is 6.54 Å². The third-order valence-corrected chi connectivity index (χ3v) is 11.8. The molecular formula is C27H35NS5. The largest absolute Gasteiger partial charge is 0.297 e. The van der Waals surface area contributed by atoms with Crippen LogP contribution in [0.5, 0.6) is 0 Å². The Kier molecular flexibility index (Phi) is 11.9. The summed E-state index contributed by atoms with van der Waals surface area (Å²) in [6.07, 6.45) is 0. The van der Waals surface area contributed by atoms with Crippen molar-refractivity contribution in [2.24, 2.45) is 0 Å². The maximum Gasteiger partial charge on any atom is 0.0246 e. The van der Waals surface area contributed by atoms with E-state index in [9.17, 15) is 0 Å². The van der Waals surface area contributed by atoms with Crippen LogP contribution in [0.15, 0.2) is 54.6 Å². The number of fused-ring (bicyclic) bond motifs is 2. The van der Waals surface area contributed by atoms with E-state index in [1.807, 2.05) is 0 Å². The Morgan fingerprint density at radius 1 is 0.515 bits per heavy atom. The summed E-state index contributed by atoms with van der Waals surface area (Å²) in [5, 5.41) is 5.57. The number of nitrogens with zero attached hydrogens (tertiary/aromatic N) is 1. The molecule has 0 N–H and O–H groups in total. The lowest BCUT2D eigenvalue weighted by atomic mass is 9.96. The van der Waals surface area contributed by atoms with Gasteiger partial charge in [-0.2, -0.15) is 58.8 Å². The van der Waals surface area contributed by atoms with E-state index >= 15 is 0 Å². The highest BCUT2D eigenvalue weighted by Crippen LogP contribution is 2.29. The van der Waals surface area contributed by atoms with Crippen LogP contribution in [0.3, 0.4) is 0 Å². The normalized spacial score (nSPS) is 19.3. The molecule has 0 spiro atoms. The van der Waals surface area contributed by atoms with Gasteiger partial charge < -0.3 is 0 Å². The Morgan fingerprint density at radius 2 is 0.909 bits per heavy atom. The zero-order chi connectivity index (χ0) is 22.6. The average Bonchev–Trinajstić information content (AvgIpc) is 2.84. The van der Waals surface area contributed by atoms with E-state index in [1.54, 1.807) is 0 Å². The van der Waals surface area contributed by atoms with Crippen molar-refractivity contribution in [2.75, 3.05) is 70.6 Å². The first-order chi connectivity index (χ1) is 16.4. The zero-order valence-electron chi connectivity index (χ0n) is 19.4. The molecule has 0 amide bonds. The van der Waals surface area contributed by atoms with Gasteiger partial charge in [-0.25, -0.2) is 0 Å². The third-order valence-electron chi connectivity index (χ3n) is 5.86. The van der Waals surface area contributed by atoms with E-state index in [1.165, 1.54) is 97.7 Å². The fraction of sp³-hybridized carbons (Fsp3) is 0.481. The molecule has 0 aliphatic carbocycles. The quantitative estimate of drug-likeness (QED) is 0.312. The van der Waals surface area contributed by atoms with Gasteiger partial charge in [-0.15, -0.1) is 0 Å². The third kappa shape index (κ3) is 8.50. The van der Waals surface area contributed by atoms with E-state index < -0.39 is 0 Å². The van der Waals surface area contributed by atoms with Crippen molar-refractivity contribution in [2.45, 2.75) is 6.54 Å².